The molecule has 2 N–H and O–H groups in total. The van der Waals surface area contributed by atoms with E-state index in [1.165, 1.54) is 36.7 Å². The Morgan fingerprint density at radius 2 is 1.62 bits per heavy atom. The van der Waals surface area contributed by atoms with E-state index in [1.54, 1.807) is 18.2 Å². The fourth-order valence-electron chi connectivity index (χ4n) is 2.23. The first-order valence-electron chi connectivity index (χ1n) is 8.99. The van der Waals surface area contributed by atoms with Gasteiger partial charge in [0.2, 0.25) is 0 Å². The molecule has 0 fully saturated rings. The Hall–Kier alpha value is -3.52. The zero-order chi connectivity index (χ0) is 21.1. The van der Waals surface area contributed by atoms with Crippen molar-refractivity contribution in [3.8, 4) is 5.75 Å². The van der Waals surface area contributed by atoms with Crippen LogP contribution < -0.4 is 0 Å². The first-order chi connectivity index (χ1) is 14.0. The number of hydrogen-bond acceptors (Lipinski definition) is 7. The van der Waals surface area contributed by atoms with Gasteiger partial charge in [0.05, 0.1) is 24.6 Å². The van der Waals surface area contributed by atoms with E-state index in [2.05, 4.69) is 10.2 Å². The van der Waals surface area contributed by atoms with Crippen molar-refractivity contribution in [3.63, 3.8) is 0 Å². The number of phenols is 1. The fraction of sp³-hybridized carbons (Fsp3) is 0.238. The normalized spacial score (nSPS) is 11.2. The number of carboxylic acids is 1. The van der Waals surface area contributed by atoms with Gasteiger partial charge in [0.25, 0.3) is 0 Å². The maximum Gasteiger partial charge on any atom is 0.342 e. The summed E-state index contributed by atoms with van der Waals surface area (Å²) in [5, 5.41) is 26.5. The minimum Gasteiger partial charge on any atom is -0.507 e. The molecule has 0 unspecified atom stereocenters. The van der Waals surface area contributed by atoms with Gasteiger partial charge in [-0.05, 0) is 47.9 Å². The molecule has 0 radical (unpaired) electrons. The van der Waals surface area contributed by atoms with Crippen molar-refractivity contribution >= 4 is 24.4 Å². The van der Waals surface area contributed by atoms with Gasteiger partial charge >= 0.3 is 11.9 Å². The number of esters is 1. The molecule has 0 aliphatic rings. The summed E-state index contributed by atoms with van der Waals surface area (Å²) in [4.78, 5) is 22.9. The highest BCUT2D eigenvalue weighted by Gasteiger charge is 2.13. The molecule has 152 valence electrons. The highest BCUT2D eigenvalue weighted by atomic mass is 16.6. The second-order valence-electron chi connectivity index (χ2n) is 5.94. The average molecular weight is 398 g/mol. The molecule has 2 aromatic carbocycles. The molecule has 0 aliphatic carbocycles. The van der Waals surface area contributed by atoms with Gasteiger partial charge in [-0.15, -0.1) is 0 Å². The maximum absolute atomic E-state index is 12.1. The van der Waals surface area contributed by atoms with Crippen LogP contribution in [0.25, 0.3) is 0 Å². The summed E-state index contributed by atoms with van der Waals surface area (Å²) in [5.41, 5.74) is 1.45. The van der Waals surface area contributed by atoms with Gasteiger partial charge in [-0.1, -0.05) is 19.1 Å². The third kappa shape index (κ3) is 7.19. The van der Waals surface area contributed by atoms with E-state index in [0.717, 1.165) is 6.42 Å². The van der Waals surface area contributed by atoms with Gasteiger partial charge in [0, 0.05) is 6.61 Å². The summed E-state index contributed by atoms with van der Waals surface area (Å²) in [6.07, 6.45) is 3.77. The van der Waals surface area contributed by atoms with Gasteiger partial charge in [-0.2, -0.15) is 10.2 Å². The number of aromatic carboxylic acids is 1. The lowest BCUT2D eigenvalue weighted by Crippen LogP contribution is -2.11. The largest absolute Gasteiger partial charge is 0.507 e. The monoisotopic (exact) mass is 398 g/mol. The van der Waals surface area contributed by atoms with E-state index in [9.17, 15) is 14.7 Å². The molecule has 0 saturated carbocycles. The molecule has 2 rings (SSSR count). The number of carboxylic acid groups (broad SMARTS) is 1. The van der Waals surface area contributed by atoms with Crippen LogP contribution in [0.1, 0.15) is 45.2 Å². The highest BCUT2D eigenvalue weighted by molar-refractivity contribution is 5.95. The molecule has 0 aliphatic heterocycles. The molecule has 0 aromatic heterocycles. The van der Waals surface area contributed by atoms with Crippen LogP contribution in [-0.2, 0) is 9.47 Å². The highest BCUT2D eigenvalue weighted by Crippen LogP contribution is 2.19. The quantitative estimate of drug-likeness (QED) is 0.275. The molecule has 0 atom stereocenters. The number of phenolic OH excluding ortho intramolecular Hbond substituents is 1. The maximum atomic E-state index is 12.1. The van der Waals surface area contributed by atoms with Gasteiger partial charge < -0.3 is 19.7 Å². The summed E-state index contributed by atoms with van der Waals surface area (Å²) in [7, 11) is 0. The fourth-order valence-corrected chi connectivity index (χ4v) is 2.23. The Morgan fingerprint density at radius 3 is 2.28 bits per heavy atom. The minimum absolute atomic E-state index is 0.0256. The van der Waals surface area contributed by atoms with Crippen molar-refractivity contribution in [1.29, 1.82) is 0 Å². The standard InChI is InChI=1S/C21H22N2O6/c1-2-9-28-10-11-29-21(27)18-12-16(5-8-19(18)24)14-23-22-13-15-3-6-17(7-4-15)20(25)26/h3-8,12-14,24H,2,9-11H2,1H3,(H,25,26)/b22-13+,23-14+. The molecule has 0 heterocycles. The lowest BCUT2D eigenvalue weighted by atomic mass is 10.1. The van der Waals surface area contributed by atoms with Crippen LogP contribution in [0.4, 0.5) is 0 Å². The molecule has 8 nitrogen and oxygen atoms in total. The van der Waals surface area contributed by atoms with Crippen molar-refractivity contribution in [2.45, 2.75) is 13.3 Å². The molecular formula is C21H22N2O6. The molecule has 0 amide bonds. The van der Waals surface area contributed by atoms with E-state index in [-0.39, 0.29) is 23.5 Å². The van der Waals surface area contributed by atoms with E-state index < -0.39 is 11.9 Å². The number of benzene rings is 2. The van der Waals surface area contributed by atoms with Crippen LogP contribution >= 0.6 is 0 Å². The van der Waals surface area contributed by atoms with Crippen LogP contribution in [0.5, 0.6) is 5.75 Å². The van der Waals surface area contributed by atoms with E-state index in [1.807, 2.05) is 6.92 Å². The van der Waals surface area contributed by atoms with E-state index in [4.69, 9.17) is 14.6 Å². The summed E-state index contributed by atoms with van der Waals surface area (Å²) in [6.45, 7) is 2.97. The third-order valence-corrected chi connectivity index (χ3v) is 3.69. The first kappa shape index (κ1) is 21.8. The number of carbonyl (C=O) groups excluding carboxylic acids is 1. The van der Waals surface area contributed by atoms with Crippen LogP contribution in [-0.4, -0.2) is 54.4 Å². The van der Waals surface area contributed by atoms with Crippen LogP contribution in [0.3, 0.4) is 0 Å². The second kappa shape index (κ2) is 11.4. The van der Waals surface area contributed by atoms with Gasteiger partial charge in [-0.3, -0.25) is 0 Å². The van der Waals surface area contributed by atoms with Gasteiger partial charge in [0.1, 0.15) is 17.9 Å². The Bertz CT molecular complexity index is 891. The number of nitrogens with zero attached hydrogens (tertiary/aromatic N) is 2. The first-order valence-corrected chi connectivity index (χ1v) is 8.99. The summed E-state index contributed by atoms with van der Waals surface area (Å²) >= 11 is 0. The Kier molecular flexibility index (Phi) is 8.52. The van der Waals surface area contributed by atoms with E-state index in [0.29, 0.717) is 24.3 Å². The lowest BCUT2D eigenvalue weighted by molar-refractivity contribution is 0.0316. The second-order valence-corrected chi connectivity index (χ2v) is 5.94. The zero-order valence-electron chi connectivity index (χ0n) is 15.9. The lowest BCUT2D eigenvalue weighted by Gasteiger charge is -2.07. The van der Waals surface area contributed by atoms with E-state index >= 15 is 0 Å². The summed E-state index contributed by atoms with van der Waals surface area (Å²) in [5.74, 6) is -1.84. The van der Waals surface area contributed by atoms with Crippen molar-refractivity contribution in [3.05, 3.63) is 64.7 Å². The van der Waals surface area contributed by atoms with Crippen molar-refractivity contribution < 1.29 is 29.3 Å². The number of carbonyl (C=O) groups is 2. The predicted octanol–water partition coefficient (Wildman–Crippen LogP) is 3.13. The molecule has 8 heteroatoms. The average Bonchev–Trinajstić information content (AvgIpc) is 2.72. The van der Waals surface area contributed by atoms with Crippen LogP contribution in [0.15, 0.2) is 52.7 Å². The number of aromatic hydroxyl groups is 1. The molecule has 0 spiro atoms. The number of rotatable bonds is 10. The minimum atomic E-state index is -0.998. The third-order valence-electron chi connectivity index (χ3n) is 3.69. The van der Waals surface area contributed by atoms with Crippen LogP contribution in [0.2, 0.25) is 0 Å². The molecule has 0 bridgehead atoms. The van der Waals surface area contributed by atoms with Crippen molar-refractivity contribution in [1.82, 2.24) is 0 Å². The summed E-state index contributed by atoms with van der Waals surface area (Å²) in [6, 6.07) is 10.6. The number of ether oxygens (including phenoxy) is 2. The van der Waals surface area contributed by atoms with Crippen molar-refractivity contribution in [2.24, 2.45) is 10.2 Å². The zero-order valence-corrected chi connectivity index (χ0v) is 15.9. The molecular weight excluding hydrogens is 376 g/mol. The molecule has 0 saturated heterocycles. The van der Waals surface area contributed by atoms with Gasteiger partial charge in [0.15, 0.2) is 0 Å². The topological polar surface area (TPSA) is 118 Å². The smallest absolute Gasteiger partial charge is 0.342 e. The van der Waals surface area contributed by atoms with Gasteiger partial charge in [-0.25, -0.2) is 9.59 Å². The summed E-state index contributed by atoms with van der Waals surface area (Å²) < 4.78 is 10.3. The Morgan fingerprint density at radius 1 is 0.966 bits per heavy atom. The Labute approximate surface area is 168 Å². The predicted molar refractivity (Wildman–Crippen MR) is 108 cm³/mol. The molecule has 2 aromatic rings. The molecule has 29 heavy (non-hydrogen) atoms. The van der Waals surface area contributed by atoms with Crippen molar-refractivity contribution in [2.75, 3.05) is 19.8 Å². The SMILES string of the molecule is CCCOCCOC(=O)c1cc(/C=N/N=C/c2ccc(C(=O)O)cc2)ccc1O. The Balaban J connectivity index is 1.95. The number of hydrogen-bond donors (Lipinski definition) is 2. The van der Waals surface area contributed by atoms with Crippen LogP contribution in [0, 0.1) is 0 Å².